The van der Waals surface area contributed by atoms with Crippen molar-refractivity contribution in [2.75, 3.05) is 36.5 Å². The van der Waals surface area contributed by atoms with E-state index >= 15 is 0 Å². The highest BCUT2D eigenvalue weighted by Crippen LogP contribution is 2.12. The highest BCUT2D eigenvalue weighted by Gasteiger charge is 2.14. The normalized spacial score (nSPS) is 14.7. The molecule has 7 heteroatoms. The fraction of sp³-hybridized carbons (Fsp3) is 0.267. The second kappa shape index (κ2) is 6.48. The Balaban J connectivity index is 1.68. The molecule has 22 heavy (non-hydrogen) atoms. The smallest absolute Gasteiger partial charge is 0.258 e. The molecular formula is C15H15FN4O2. The number of halogens is 1. The number of nitrogens with one attached hydrogen (secondary N) is 1. The second-order valence-corrected chi connectivity index (χ2v) is 4.84. The number of benzene rings is 1. The maximum Gasteiger partial charge on any atom is 0.258 e. The number of carbonyl (C=O) groups excluding carboxylic acids is 1. The first-order chi connectivity index (χ1) is 10.7. The molecule has 2 heterocycles. The van der Waals surface area contributed by atoms with E-state index in [1.54, 1.807) is 6.07 Å². The molecule has 1 aromatic carbocycles. The fourth-order valence-electron chi connectivity index (χ4n) is 2.13. The lowest BCUT2D eigenvalue weighted by atomic mass is 10.2. The first-order valence-electron chi connectivity index (χ1n) is 6.94. The molecular weight excluding hydrogens is 287 g/mol. The van der Waals surface area contributed by atoms with E-state index in [0.717, 1.165) is 13.1 Å². The zero-order chi connectivity index (χ0) is 15.4. The van der Waals surface area contributed by atoms with Crippen molar-refractivity contribution >= 4 is 17.5 Å². The first-order valence-corrected chi connectivity index (χ1v) is 6.94. The highest BCUT2D eigenvalue weighted by molar-refractivity contribution is 6.03. The molecule has 0 bridgehead atoms. The van der Waals surface area contributed by atoms with E-state index in [9.17, 15) is 9.18 Å². The number of rotatable bonds is 3. The Bertz CT molecular complexity index is 657. The number of ether oxygens (including phenoxy) is 1. The van der Waals surface area contributed by atoms with E-state index in [-0.39, 0.29) is 5.91 Å². The molecule has 0 aliphatic carbocycles. The van der Waals surface area contributed by atoms with Gasteiger partial charge in [0, 0.05) is 31.2 Å². The van der Waals surface area contributed by atoms with Gasteiger partial charge >= 0.3 is 0 Å². The number of hydrogen-bond donors (Lipinski definition) is 1. The van der Waals surface area contributed by atoms with Crippen LogP contribution < -0.4 is 10.2 Å². The predicted molar refractivity (Wildman–Crippen MR) is 79.4 cm³/mol. The minimum Gasteiger partial charge on any atom is -0.378 e. The maximum absolute atomic E-state index is 13.1. The van der Waals surface area contributed by atoms with Crippen LogP contribution in [0.5, 0.6) is 0 Å². The van der Waals surface area contributed by atoms with Crippen molar-refractivity contribution in [2.45, 2.75) is 0 Å². The molecule has 114 valence electrons. The zero-order valence-corrected chi connectivity index (χ0v) is 11.8. The molecule has 1 N–H and O–H groups in total. The van der Waals surface area contributed by atoms with Crippen LogP contribution in [0.4, 0.5) is 16.0 Å². The van der Waals surface area contributed by atoms with Gasteiger partial charge in [-0.3, -0.25) is 4.79 Å². The number of hydrogen-bond acceptors (Lipinski definition) is 5. The topological polar surface area (TPSA) is 67.4 Å². The SMILES string of the molecule is O=C(Nc1cccc(F)c1)c1cnc(N2CCOCC2)nc1. The molecule has 0 saturated carbocycles. The summed E-state index contributed by atoms with van der Waals surface area (Å²) >= 11 is 0. The van der Waals surface area contributed by atoms with Crippen molar-refractivity contribution in [3.8, 4) is 0 Å². The van der Waals surface area contributed by atoms with Crippen LogP contribution in [0, 0.1) is 5.82 Å². The summed E-state index contributed by atoms with van der Waals surface area (Å²) < 4.78 is 18.4. The molecule has 3 rings (SSSR count). The van der Waals surface area contributed by atoms with Gasteiger partial charge in [-0.1, -0.05) is 6.07 Å². The highest BCUT2D eigenvalue weighted by atomic mass is 19.1. The summed E-state index contributed by atoms with van der Waals surface area (Å²) in [5, 5.41) is 2.61. The summed E-state index contributed by atoms with van der Waals surface area (Å²) in [7, 11) is 0. The van der Waals surface area contributed by atoms with Gasteiger partial charge in [0.1, 0.15) is 5.82 Å². The largest absolute Gasteiger partial charge is 0.378 e. The number of nitrogens with zero attached hydrogens (tertiary/aromatic N) is 3. The monoisotopic (exact) mass is 302 g/mol. The van der Waals surface area contributed by atoms with Crippen LogP contribution in [0.2, 0.25) is 0 Å². The van der Waals surface area contributed by atoms with E-state index in [1.165, 1.54) is 30.6 Å². The third-order valence-corrected chi connectivity index (χ3v) is 3.28. The minimum atomic E-state index is -0.406. The number of carbonyl (C=O) groups is 1. The molecule has 0 unspecified atom stereocenters. The summed E-state index contributed by atoms with van der Waals surface area (Å²) in [5.41, 5.74) is 0.712. The molecule has 1 saturated heterocycles. The van der Waals surface area contributed by atoms with E-state index in [2.05, 4.69) is 15.3 Å². The van der Waals surface area contributed by atoms with Crippen LogP contribution in [-0.2, 0) is 4.74 Å². The quantitative estimate of drug-likeness (QED) is 0.935. The lowest BCUT2D eigenvalue weighted by Gasteiger charge is -2.26. The Hall–Kier alpha value is -2.54. The number of anilines is 2. The second-order valence-electron chi connectivity index (χ2n) is 4.84. The van der Waals surface area contributed by atoms with Gasteiger partial charge in [0.05, 0.1) is 18.8 Å². The van der Waals surface area contributed by atoms with Crippen molar-refractivity contribution < 1.29 is 13.9 Å². The molecule has 1 aliphatic rings. The zero-order valence-electron chi connectivity index (χ0n) is 11.8. The van der Waals surface area contributed by atoms with Crippen LogP contribution in [0.3, 0.4) is 0 Å². The van der Waals surface area contributed by atoms with Crippen LogP contribution in [-0.4, -0.2) is 42.2 Å². The molecule has 1 amide bonds. The number of amides is 1. The van der Waals surface area contributed by atoms with Crippen molar-refractivity contribution in [1.29, 1.82) is 0 Å². The van der Waals surface area contributed by atoms with Gasteiger partial charge in [-0.05, 0) is 18.2 Å². The third kappa shape index (κ3) is 3.37. The van der Waals surface area contributed by atoms with E-state index in [4.69, 9.17) is 4.74 Å². The molecule has 1 aromatic heterocycles. The van der Waals surface area contributed by atoms with Crippen molar-refractivity contribution in [3.63, 3.8) is 0 Å². The van der Waals surface area contributed by atoms with Crippen LogP contribution >= 0.6 is 0 Å². The van der Waals surface area contributed by atoms with Crippen molar-refractivity contribution in [2.24, 2.45) is 0 Å². The summed E-state index contributed by atoms with van der Waals surface area (Å²) in [6.45, 7) is 2.75. The van der Waals surface area contributed by atoms with Gasteiger partial charge in [0.15, 0.2) is 0 Å². The van der Waals surface area contributed by atoms with Crippen LogP contribution in [0.1, 0.15) is 10.4 Å². The Morgan fingerprint density at radius 2 is 1.95 bits per heavy atom. The third-order valence-electron chi connectivity index (χ3n) is 3.28. The standard InChI is InChI=1S/C15H15FN4O2/c16-12-2-1-3-13(8-12)19-14(21)11-9-17-15(18-10-11)20-4-6-22-7-5-20/h1-3,8-10H,4-7H2,(H,19,21). The summed E-state index contributed by atoms with van der Waals surface area (Å²) in [6.07, 6.45) is 2.93. The van der Waals surface area contributed by atoms with Crippen molar-refractivity contribution in [3.05, 3.63) is 48.0 Å². The van der Waals surface area contributed by atoms with Gasteiger partial charge in [-0.15, -0.1) is 0 Å². The van der Waals surface area contributed by atoms with E-state index in [0.29, 0.717) is 30.4 Å². The summed E-state index contributed by atoms with van der Waals surface area (Å²) in [6, 6.07) is 5.71. The fourth-order valence-corrected chi connectivity index (χ4v) is 2.13. The van der Waals surface area contributed by atoms with Crippen molar-refractivity contribution in [1.82, 2.24) is 9.97 Å². The molecule has 2 aromatic rings. The number of morpholine rings is 1. The van der Waals surface area contributed by atoms with Crippen LogP contribution in [0.25, 0.3) is 0 Å². The Kier molecular flexibility index (Phi) is 4.24. The lowest BCUT2D eigenvalue weighted by molar-refractivity contribution is 0.102. The van der Waals surface area contributed by atoms with Gasteiger partial charge < -0.3 is 15.0 Å². The summed E-state index contributed by atoms with van der Waals surface area (Å²) in [5.74, 6) is -0.207. The van der Waals surface area contributed by atoms with E-state index in [1.807, 2.05) is 4.90 Å². The average molecular weight is 302 g/mol. The molecule has 6 nitrogen and oxygen atoms in total. The van der Waals surface area contributed by atoms with Gasteiger partial charge in [0.25, 0.3) is 5.91 Å². The lowest BCUT2D eigenvalue weighted by Crippen LogP contribution is -2.37. The first kappa shape index (κ1) is 14.4. The minimum absolute atomic E-state index is 0.321. The van der Waals surface area contributed by atoms with Gasteiger partial charge in [-0.2, -0.15) is 0 Å². The Labute approximate surface area is 126 Å². The number of aromatic nitrogens is 2. The van der Waals surface area contributed by atoms with Crippen LogP contribution in [0.15, 0.2) is 36.7 Å². The maximum atomic E-state index is 13.1. The van der Waals surface area contributed by atoms with Gasteiger partial charge in [-0.25, -0.2) is 14.4 Å². The van der Waals surface area contributed by atoms with Gasteiger partial charge in [0.2, 0.25) is 5.95 Å². The molecule has 1 fully saturated rings. The Morgan fingerprint density at radius 1 is 1.23 bits per heavy atom. The Morgan fingerprint density at radius 3 is 2.64 bits per heavy atom. The predicted octanol–water partition coefficient (Wildman–Crippen LogP) is 1.70. The summed E-state index contributed by atoms with van der Waals surface area (Å²) in [4.78, 5) is 22.5. The molecule has 0 atom stereocenters. The average Bonchev–Trinajstić information content (AvgIpc) is 2.56. The molecule has 0 spiro atoms. The van der Waals surface area contributed by atoms with E-state index < -0.39 is 5.82 Å². The molecule has 1 aliphatic heterocycles. The molecule has 0 radical (unpaired) electrons.